The van der Waals surface area contributed by atoms with Crippen molar-refractivity contribution in [2.75, 3.05) is 31.1 Å². The number of furan rings is 1. The van der Waals surface area contributed by atoms with Crippen molar-refractivity contribution in [3.63, 3.8) is 0 Å². The molecular formula is C19H23N3O3S. The Labute approximate surface area is 154 Å². The number of aromatic nitrogens is 1. The van der Waals surface area contributed by atoms with Crippen molar-refractivity contribution in [3.05, 3.63) is 60.3 Å². The van der Waals surface area contributed by atoms with Gasteiger partial charge in [0.1, 0.15) is 5.76 Å². The second-order valence-electron chi connectivity index (χ2n) is 6.95. The normalized spacial score (nSPS) is 26.3. The fraction of sp³-hybridized carbons (Fsp3) is 0.421. The largest absolute Gasteiger partial charge is 0.465 e. The zero-order chi connectivity index (χ0) is 18.0. The molecule has 7 heteroatoms. The van der Waals surface area contributed by atoms with E-state index in [1.165, 1.54) is 5.56 Å². The van der Waals surface area contributed by atoms with Crippen molar-refractivity contribution in [2.45, 2.75) is 18.6 Å². The highest BCUT2D eigenvalue weighted by Crippen LogP contribution is 2.28. The molecule has 138 valence electrons. The van der Waals surface area contributed by atoms with Crippen LogP contribution in [-0.2, 0) is 16.4 Å². The van der Waals surface area contributed by atoms with Crippen LogP contribution in [0.4, 0.5) is 0 Å². The van der Waals surface area contributed by atoms with Gasteiger partial charge in [0.2, 0.25) is 0 Å². The van der Waals surface area contributed by atoms with E-state index < -0.39 is 9.84 Å². The van der Waals surface area contributed by atoms with Crippen LogP contribution >= 0.6 is 0 Å². The first-order valence-corrected chi connectivity index (χ1v) is 10.7. The molecule has 0 amide bonds. The van der Waals surface area contributed by atoms with E-state index in [4.69, 9.17) is 4.42 Å². The molecule has 0 saturated carbocycles. The SMILES string of the molecule is O=S1(=O)C[C@@H]2[C@H](C1)N(C/C=C/c1ccco1)CCN2Cc1ccncc1. The minimum Gasteiger partial charge on any atom is -0.465 e. The highest BCUT2D eigenvalue weighted by Gasteiger charge is 2.46. The molecule has 2 aromatic heterocycles. The van der Waals surface area contributed by atoms with E-state index in [9.17, 15) is 8.42 Å². The van der Waals surface area contributed by atoms with Crippen LogP contribution in [-0.4, -0.2) is 66.4 Å². The van der Waals surface area contributed by atoms with Crippen LogP contribution in [0.1, 0.15) is 11.3 Å². The van der Waals surface area contributed by atoms with Crippen LogP contribution < -0.4 is 0 Å². The molecule has 0 bridgehead atoms. The van der Waals surface area contributed by atoms with Gasteiger partial charge >= 0.3 is 0 Å². The number of hydrogen-bond donors (Lipinski definition) is 0. The van der Waals surface area contributed by atoms with Crippen molar-refractivity contribution in [1.82, 2.24) is 14.8 Å². The monoisotopic (exact) mass is 373 g/mol. The smallest absolute Gasteiger partial charge is 0.153 e. The van der Waals surface area contributed by atoms with Gasteiger partial charge in [0.05, 0.1) is 17.8 Å². The summed E-state index contributed by atoms with van der Waals surface area (Å²) >= 11 is 0. The second-order valence-corrected chi connectivity index (χ2v) is 9.10. The van der Waals surface area contributed by atoms with Crippen LogP contribution in [0.25, 0.3) is 6.08 Å². The number of piperazine rings is 1. The third-order valence-corrected chi connectivity index (χ3v) is 6.91. The third-order valence-electron chi connectivity index (χ3n) is 5.21. The number of fused-ring (bicyclic) bond motifs is 1. The number of rotatable bonds is 5. The minimum atomic E-state index is -2.99. The number of nitrogens with zero attached hydrogens (tertiary/aromatic N) is 3. The molecule has 2 aromatic rings. The van der Waals surface area contributed by atoms with Gasteiger partial charge in [-0.2, -0.15) is 0 Å². The molecule has 0 unspecified atom stereocenters. The second kappa shape index (κ2) is 7.34. The molecule has 2 saturated heterocycles. The molecular weight excluding hydrogens is 350 g/mol. The first kappa shape index (κ1) is 17.5. The maximum atomic E-state index is 12.3. The van der Waals surface area contributed by atoms with Crippen molar-refractivity contribution in [3.8, 4) is 0 Å². The summed E-state index contributed by atoms with van der Waals surface area (Å²) in [5, 5.41) is 0. The maximum absolute atomic E-state index is 12.3. The topological polar surface area (TPSA) is 66.7 Å². The zero-order valence-electron chi connectivity index (χ0n) is 14.6. The number of hydrogen-bond acceptors (Lipinski definition) is 6. The molecule has 0 spiro atoms. The van der Waals surface area contributed by atoms with Gasteiger partial charge in [0.25, 0.3) is 0 Å². The van der Waals surface area contributed by atoms with E-state index in [-0.39, 0.29) is 23.6 Å². The molecule has 0 aliphatic carbocycles. The van der Waals surface area contributed by atoms with E-state index in [2.05, 4.69) is 20.9 Å². The van der Waals surface area contributed by atoms with Gasteiger partial charge < -0.3 is 4.42 Å². The fourth-order valence-corrected chi connectivity index (χ4v) is 5.98. The maximum Gasteiger partial charge on any atom is 0.153 e. The highest BCUT2D eigenvalue weighted by molar-refractivity contribution is 7.91. The summed E-state index contributed by atoms with van der Waals surface area (Å²) in [4.78, 5) is 8.66. The van der Waals surface area contributed by atoms with E-state index in [0.29, 0.717) is 0 Å². The molecule has 2 atom stereocenters. The lowest BCUT2D eigenvalue weighted by Crippen LogP contribution is -2.58. The van der Waals surface area contributed by atoms with E-state index in [0.717, 1.165) is 31.9 Å². The summed E-state index contributed by atoms with van der Waals surface area (Å²) in [6.07, 6.45) is 9.22. The van der Waals surface area contributed by atoms with Gasteiger partial charge in [-0.05, 0) is 35.9 Å². The third kappa shape index (κ3) is 3.90. The molecule has 0 aromatic carbocycles. The fourth-order valence-electron chi connectivity index (χ4n) is 3.93. The van der Waals surface area contributed by atoms with Crippen LogP contribution in [0.15, 0.2) is 53.4 Å². The zero-order valence-corrected chi connectivity index (χ0v) is 15.4. The lowest BCUT2D eigenvalue weighted by molar-refractivity contribution is 0.0480. The summed E-state index contributed by atoms with van der Waals surface area (Å²) in [6.45, 7) is 3.24. The van der Waals surface area contributed by atoms with Gasteiger partial charge in [-0.25, -0.2) is 8.42 Å². The van der Waals surface area contributed by atoms with E-state index in [1.807, 2.05) is 30.3 Å². The van der Waals surface area contributed by atoms with Gasteiger partial charge in [-0.15, -0.1) is 0 Å². The summed E-state index contributed by atoms with van der Waals surface area (Å²) in [5.41, 5.74) is 1.18. The number of sulfone groups is 1. The molecule has 2 aliphatic rings. The van der Waals surface area contributed by atoms with Crippen molar-refractivity contribution in [1.29, 1.82) is 0 Å². The highest BCUT2D eigenvalue weighted by atomic mass is 32.2. The Balaban J connectivity index is 1.46. The quantitative estimate of drug-likeness (QED) is 0.794. The standard InChI is InChI=1S/C19H23N3O3S/c23-26(24)14-18-19(15-26)22(13-16-5-7-20-8-6-16)11-10-21(18)9-1-3-17-4-2-12-25-17/h1-8,12,18-19H,9-11,13-15H2/b3-1+/t18-,19+/m0/s1. The average Bonchev–Trinajstić information content (AvgIpc) is 3.24. The Morgan fingerprint density at radius 3 is 2.58 bits per heavy atom. The van der Waals surface area contributed by atoms with Gasteiger partial charge in [-0.3, -0.25) is 14.8 Å². The van der Waals surface area contributed by atoms with E-state index in [1.54, 1.807) is 18.7 Å². The molecule has 26 heavy (non-hydrogen) atoms. The molecule has 0 radical (unpaired) electrons. The molecule has 2 fully saturated rings. The van der Waals surface area contributed by atoms with Crippen LogP contribution in [0.2, 0.25) is 0 Å². The summed E-state index contributed by atoms with van der Waals surface area (Å²) in [7, 11) is -2.99. The van der Waals surface area contributed by atoms with Gasteiger partial charge in [-0.1, -0.05) is 6.08 Å². The Bertz CT molecular complexity index is 849. The molecule has 2 aliphatic heterocycles. The lowest BCUT2D eigenvalue weighted by atomic mass is 10.0. The molecule has 4 heterocycles. The van der Waals surface area contributed by atoms with Crippen molar-refractivity contribution < 1.29 is 12.8 Å². The Kier molecular flexibility index (Phi) is 4.93. The van der Waals surface area contributed by atoms with Crippen LogP contribution in [0, 0.1) is 0 Å². The lowest BCUT2D eigenvalue weighted by Gasteiger charge is -2.43. The average molecular weight is 373 g/mol. The summed E-state index contributed by atoms with van der Waals surface area (Å²) in [5.74, 6) is 1.32. The predicted octanol–water partition coefficient (Wildman–Crippen LogP) is 1.67. The van der Waals surface area contributed by atoms with Crippen LogP contribution in [0.3, 0.4) is 0 Å². The van der Waals surface area contributed by atoms with Gasteiger partial charge in [0, 0.05) is 50.7 Å². The van der Waals surface area contributed by atoms with Gasteiger partial charge in [0.15, 0.2) is 9.84 Å². The Hall–Kier alpha value is -1.96. The predicted molar refractivity (Wildman–Crippen MR) is 100 cm³/mol. The minimum absolute atomic E-state index is 0.0526. The van der Waals surface area contributed by atoms with Crippen LogP contribution in [0.5, 0.6) is 0 Å². The molecule has 6 nitrogen and oxygen atoms in total. The van der Waals surface area contributed by atoms with Crippen molar-refractivity contribution in [2.24, 2.45) is 0 Å². The molecule has 4 rings (SSSR count). The number of pyridine rings is 1. The first-order valence-electron chi connectivity index (χ1n) is 8.88. The summed E-state index contributed by atoms with van der Waals surface area (Å²) in [6, 6.07) is 7.87. The van der Waals surface area contributed by atoms with Crippen molar-refractivity contribution >= 4 is 15.9 Å². The van der Waals surface area contributed by atoms with E-state index >= 15 is 0 Å². The first-order chi connectivity index (χ1) is 12.6. The summed E-state index contributed by atoms with van der Waals surface area (Å²) < 4.78 is 29.9. The Morgan fingerprint density at radius 2 is 1.85 bits per heavy atom. The Morgan fingerprint density at radius 1 is 1.12 bits per heavy atom. The molecule has 0 N–H and O–H groups in total.